The Hall–Kier alpha value is -2.82. The number of halogens is 3. The van der Waals surface area contributed by atoms with E-state index in [1.165, 1.54) is 12.1 Å². The number of nitrogens with zero attached hydrogens (tertiary/aromatic N) is 1. The van der Waals surface area contributed by atoms with Crippen LogP contribution in [0.2, 0.25) is 0 Å². The summed E-state index contributed by atoms with van der Waals surface area (Å²) < 4.78 is 38.6. The van der Waals surface area contributed by atoms with Gasteiger partial charge in [-0.25, -0.2) is 4.98 Å². The number of hydrogen-bond acceptors (Lipinski definition) is 2. The van der Waals surface area contributed by atoms with Crippen LogP contribution in [0.1, 0.15) is 33.9 Å². The highest BCUT2D eigenvalue weighted by Gasteiger charge is 2.30. The van der Waals surface area contributed by atoms with Crippen LogP contribution in [-0.2, 0) is 6.18 Å². The second-order valence-corrected chi connectivity index (χ2v) is 6.28. The van der Waals surface area contributed by atoms with E-state index in [1.807, 2.05) is 50.2 Å². The Labute approximate surface area is 150 Å². The van der Waals surface area contributed by atoms with Crippen molar-refractivity contribution in [3.05, 3.63) is 94.7 Å². The zero-order chi connectivity index (χ0) is 18.7. The minimum absolute atomic E-state index is 0.300. The molecule has 2 nitrogen and oxygen atoms in total. The lowest BCUT2D eigenvalue weighted by molar-refractivity contribution is -0.137. The predicted octanol–water partition coefficient (Wildman–Crippen LogP) is 5.92. The summed E-state index contributed by atoms with van der Waals surface area (Å²) in [6.45, 7) is 3.93. The fourth-order valence-electron chi connectivity index (χ4n) is 2.85. The Bertz CT molecular complexity index is 886. The van der Waals surface area contributed by atoms with E-state index in [0.717, 1.165) is 34.4 Å². The molecule has 0 amide bonds. The van der Waals surface area contributed by atoms with E-state index in [-0.39, 0.29) is 6.04 Å². The molecular weight excluding hydrogens is 337 g/mol. The van der Waals surface area contributed by atoms with E-state index < -0.39 is 11.7 Å². The average Bonchev–Trinajstić information content (AvgIpc) is 2.60. The van der Waals surface area contributed by atoms with Crippen molar-refractivity contribution in [1.29, 1.82) is 0 Å². The molecule has 1 N–H and O–H groups in total. The molecule has 26 heavy (non-hydrogen) atoms. The molecule has 2 aromatic carbocycles. The minimum Gasteiger partial charge on any atom is -0.359 e. The number of nitrogens with one attached hydrogen (secondary N) is 1. The number of aromatic nitrogens is 1. The van der Waals surface area contributed by atoms with Crippen molar-refractivity contribution in [3.8, 4) is 0 Å². The molecule has 3 aromatic rings. The molecule has 0 aliphatic carbocycles. The standard InChI is InChI=1S/C21H19F3N2/c1-14-5-3-7-17(13-14)19(26-20-15(2)6-4-12-25-20)16-8-10-18(11-9-16)21(22,23)24/h3-13,19H,1-2H3,(H,25,26). The third-order valence-corrected chi connectivity index (χ3v) is 4.24. The lowest BCUT2D eigenvalue weighted by Gasteiger charge is -2.22. The molecule has 0 aliphatic heterocycles. The minimum atomic E-state index is -4.34. The topological polar surface area (TPSA) is 24.9 Å². The fourth-order valence-corrected chi connectivity index (χ4v) is 2.85. The first-order valence-corrected chi connectivity index (χ1v) is 8.26. The molecule has 0 aliphatic rings. The van der Waals surface area contributed by atoms with Crippen LogP contribution in [0, 0.1) is 13.8 Å². The van der Waals surface area contributed by atoms with Crippen molar-refractivity contribution in [2.45, 2.75) is 26.1 Å². The van der Waals surface area contributed by atoms with Crippen LogP contribution in [0.15, 0.2) is 66.9 Å². The number of benzene rings is 2. The van der Waals surface area contributed by atoms with Gasteiger partial charge < -0.3 is 5.32 Å². The lowest BCUT2D eigenvalue weighted by atomic mass is 9.96. The Balaban J connectivity index is 2.02. The van der Waals surface area contributed by atoms with Gasteiger partial charge in [0.2, 0.25) is 0 Å². The third-order valence-electron chi connectivity index (χ3n) is 4.24. The first-order chi connectivity index (χ1) is 12.3. The highest BCUT2D eigenvalue weighted by Crippen LogP contribution is 2.32. The Morgan fingerprint density at radius 1 is 0.885 bits per heavy atom. The van der Waals surface area contributed by atoms with Crippen LogP contribution >= 0.6 is 0 Å². The normalized spacial score (nSPS) is 12.7. The van der Waals surface area contributed by atoms with Crippen molar-refractivity contribution < 1.29 is 13.2 Å². The number of aryl methyl sites for hydroxylation is 2. The SMILES string of the molecule is Cc1cccc(C(Nc2ncccc2C)c2ccc(C(F)(F)F)cc2)c1. The summed E-state index contributed by atoms with van der Waals surface area (Å²) in [5, 5.41) is 3.37. The van der Waals surface area contributed by atoms with Gasteiger partial charge in [0.25, 0.3) is 0 Å². The van der Waals surface area contributed by atoms with Crippen molar-refractivity contribution >= 4 is 5.82 Å². The number of pyridine rings is 1. The molecule has 5 heteroatoms. The van der Waals surface area contributed by atoms with Crippen molar-refractivity contribution in [2.75, 3.05) is 5.32 Å². The van der Waals surface area contributed by atoms with Crippen LogP contribution in [0.3, 0.4) is 0 Å². The van der Waals surface area contributed by atoms with Gasteiger partial charge in [0, 0.05) is 6.20 Å². The van der Waals surface area contributed by atoms with E-state index >= 15 is 0 Å². The quantitative estimate of drug-likeness (QED) is 0.628. The van der Waals surface area contributed by atoms with E-state index in [4.69, 9.17) is 0 Å². The average molecular weight is 356 g/mol. The van der Waals surface area contributed by atoms with Gasteiger partial charge in [0.05, 0.1) is 11.6 Å². The number of anilines is 1. The molecule has 0 bridgehead atoms. The maximum atomic E-state index is 12.9. The molecule has 1 atom stereocenters. The molecule has 3 rings (SSSR count). The lowest BCUT2D eigenvalue weighted by Crippen LogP contribution is -2.15. The highest BCUT2D eigenvalue weighted by molar-refractivity contribution is 5.49. The molecule has 0 saturated carbocycles. The second kappa shape index (κ2) is 7.20. The van der Waals surface area contributed by atoms with Gasteiger partial charge in [-0.15, -0.1) is 0 Å². The zero-order valence-corrected chi connectivity index (χ0v) is 14.5. The van der Waals surface area contributed by atoms with Gasteiger partial charge in [0.15, 0.2) is 0 Å². The van der Waals surface area contributed by atoms with Crippen LogP contribution in [0.4, 0.5) is 19.0 Å². The monoisotopic (exact) mass is 356 g/mol. The summed E-state index contributed by atoms with van der Waals surface area (Å²) in [5.41, 5.74) is 3.11. The summed E-state index contributed by atoms with van der Waals surface area (Å²) in [5.74, 6) is 0.707. The molecule has 134 valence electrons. The van der Waals surface area contributed by atoms with Gasteiger partial charge in [-0.1, -0.05) is 48.0 Å². The molecule has 1 heterocycles. The predicted molar refractivity (Wildman–Crippen MR) is 97.1 cm³/mol. The Morgan fingerprint density at radius 2 is 1.62 bits per heavy atom. The molecule has 1 aromatic heterocycles. The van der Waals surface area contributed by atoms with E-state index in [9.17, 15) is 13.2 Å². The summed E-state index contributed by atoms with van der Waals surface area (Å²) >= 11 is 0. The van der Waals surface area contributed by atoms with Gasteiger partial charge in [-0.2, -0.15) is 13.2 Å². The van der Waals surface area contributed by atoms with Crippen LogP contribution in [0.5, 0.6) is 0 Å². The van der Waals surface area contributed by atoms with Crippen LogP contribution < -0.4 is 5.32 Å². The van der Waals surface area contributed by atoms with Gasteiger partial charge in [-0.05, 0) is 48.7 Å². The molecule has 1 unspecified atom stereocenters. The Kier molecular flexibility index (Phi) is 4.98. The Morgan fingerprint density at radius 3 is 2.23 bits per heavy atom. The maximum Gasteiger partial charge on any atom is 0.416 e. The number of rotatable bonds is 4. The zero-order valence-electron chi connectivity index (χ0n) is 14.5. The molecule has 0 saturated heterocycles. The summed E-state index contributed by atoms with van der Waals surface area (Å²) in [7, 11) is 0. The molecule has 0 spiro atoms. The first-order valence-electron chi connectivity index (χ1n) is 8.26. The summed E-state index contributed by atoms with van der Waals surface area (Å²) in [6, 6.07) is 16.7. The van der Waals surface area contributed by atoms with Gasteiger partial charge in [0.1, 0.15) is 5.82 Å². The highest BCUT2D eigenvalue weighted by atomic mass is 19.4. The van der Waals surface area contributed by atoms with Crippen LogP contribution in [-0.4, -0.2) is 4.98 Å². The summed E-state index contributed by atoms with van der Waals surface area (Å²) in [6.07, 6.45) is -2.66. The summed E-state index contributed by atoms with van der Waals surface area (Å²) in [4.78, 5) is 4.36. The largest absolute Gasteiger partial charge is 0.416 e. The first kappa shape index (κ1) is 18.0. The van der Waals surface area contributed by atoms with E-state index in [2.05, 4.69) is 10.3 Å². The number of hydrogen-bond donors (Lipinski definition) is 1. The van der Waals surface area contributed by atoms with Gasteiger partial charge >= 0.3 is 6.18 Å². The molecular formula is C21H19F3N2. The van der Waals surface area contributed by atoms with Gasteiger partial charge in [-0.3, -0.25) is 0 Å². The smallest absolute Gasteiger partial charge is 0.359 e. The fraction of sp³-hybridized carbons (Fsp3) is 0.190. The third kappa shape index (κ3) is 4.04. The second-order valence-electron chi connectivity index (χ2n) is 6.28. The van der Waals surface area contributed by atoms with Crippen LogP contribution in [0.25, 0.3) is 0 Å². The van der Waals surface area contributed by atoms with E-state index in [1.54, 1.807) is 6.20 Å². The van der Waals surface area contributed by atoms with Crippen molar-refractivity contribution in [2.24, 2.45) is 0 Å². The van der Waals surface area contributed by atoms with E-state index in [0.29, 0.717) is 5.82 Å². The van der Waals surface area contributed by atoms with Crippen molar-refractivity contribution in [3.63, 3.8) is 0 Å². The van der Waals surface area contributed by atoms with Crippen molar-refractivity contribution in [1.82, 2.24) is 4.98 Å². The maximum absolute atomic E-state index is 12.9. The molecule has 0 fully saturated rings. The molecule has 0 radical (unpaired) electrons. The number of alkyl halides is 3.